The van der Waals surface area contributed by atoms with Crippen molar-refractivity contribution in [2.75, 3.05) is 6.54 Å². The Hall–Kier alpha value is -1.46. The molecule has 90 valence electrons. The molecule has 17 heavy (non-hydrogen) atoms. The molecule has 0 unspecified atom stereocenters. The van der Waals surface area contributed by atoms with E-state index in [0.29, 0.717) is 11.6 Å². The molecule has 0 aromatic carbocycles. The van der Waals surface area contributed by atoms with Crippen LogP contribution < -0.4 is 5.32 Å². The van der Waals surface area contributed by atoms with Crippen LogP contribution >= 0.6 is 11.6 Å². The van der Waals surface area contributed by atoms with E-state index in [2.05, 4.69) is 27.3 Å². The van der Waals surface area contributed by atoms with Gasteiger partial charge in [-0.05, 0) is 25.1 Å². The quantitative estimate of drug-likeness (QED) is 0.824. The van der Waals surface area contributed by atoms with Gasteiger partial charge in [-0.15, -0.1) is 0 Å². The Morgan fingerprint density at radius 2 is 2.29 bits per heavy atom. The van der Waals surface area contributed by atoms with Crippen molar-refractivity contribution in [2.45, 2.75) is 19.9 Å². The number of pyridine rings is 1. The highest BCUT2D eigenvalue weighted by Gasteiger charge is 2.05. The van der Waals surface area contributed by atoms with Gasteiger partial charge in [0.05, 0.1) is 10.7 Å². The number of hydrogen-bond donors (Lipinski definition) is 1. The molecule has 2 aromatic rings. The second-order valence-corrected chi connectivity index (χ2v) is 4.02. The third-order valence-corrected chi connectivity index (χ3v) is 2.62. The highest BCUT2D eigenvalue weighted by Crippen LogP contribution is 2.15. The summed E-state index contributed by atoms with van der Waals surface area (Å²) in [7, 11) is 0. The van der Waals surface area contributed by atoms with E-state index < -0.39 is 0 Å². The van der Waals surface area contributed by atoms with E-state index in [1.807, 2.05) is 12.1 Å². The van der Waals surface area contributed by atoms with E-state index in [1.54, 1.807) is 11.0 Å². The van der Waals surface area contributed by atoms with E-state index in [0.717, 1.165) is 24.5 Å². The van der Waals surface area contributed by atoms with Crippen LogP contribution in [0.1, 0.15) is 19.0 Å². The summed E-state index contributed by atoms with van der Waals surface area (Å²) in [5.41, 5.74) is 0.827. The van der Waals surface area contributed by atoms with Crippen molar-refractivity contribution < 1.29 is 0 Å². The molecule has 0 saturated carbocycles. The van der Waals surface area contributed by atoms with Gasteiger partial charge in [0, 0.05) is 6.54 Å². The normalized spacial score (nSPS) is 10.7. The second kappa shape index (κ2) is 5.75. The maximum Gasteiger partial charge on any atom is 0.155 e. The maximum atomic E-state index is 6.09. The Bertz CT molecular complexity index is 469. The lowest BCUT2D eigenvalue weighted by Gasteiger charge is -2.07. The van der Waals surface area contributed by atoms with Crippen molar-refractivity contribution in [3.63, 3.8) is 0 Å². The Kier molecular flexibility index (Phi) is 4.06. The smallest absolute Gasteiger partial charge is 0.155 e. The predicted octanol–water partition coefficient (Wildman–Crippen LogP) is 1.82. The summed E-state index contributed by atoms with van der Waals surface area (Å²) in [5, 5.41) is 7.97. The molecule has 0 fully saturated rings. The van der Waals surface area contributed by atoms with Crippen molar-refractivity contribution in [3.8, 4) is 5.82 Å². The zero-order chi connectivity index (χ0) is 12.1. The van der Waals surface area contributed by atoms with Crippen LogP contribution in [0.25, 0.3) is 5.82 Å². The lowest BCUT2D eigenvalue weighted by molar-refractivity contribution is 0.661. The van der Waals surface area contributed by atoms with Gasteiger partial charge in [-0.2, -0.15) is 5.10 Å². The van der Waals surface area contributed by atoms with E-state index in [-0.39, 0.29) is 0 Å². The van der Waals surface area contributed by atoms with Crippen LogP contribution in [0.15, 0.2) is 24.8 Å². The summed E-state index contributed by atoms with van der Waals surface area (Å²) >= 11 is 6.09. The van der Waals surface area contributed by atoms with Gasteiger partial charge in [-0.1, -0.05) is 18.5 Å². The average molecular weight is 252 g/mol. The molecular formula is C11H14ClN5. The molecule has 0 spiro atoms. The average Bonchev–Trinajstić information content (AvgIpc) is 2.85. The van der Waals surface area contributed by atoms with Crippen molar-refractivity contribution in [1.29, 1.82) is 0 Å². The number of rotatable bonds is 5. The number of nitrogens with one attached hydrogen (secondary N) is 1. The first-order chi connectivity index (χ1) is 8.31. The molecule has 0 amide bonds. The highest BCUT2D eigenvalue weighted by molar-refractivity contribution is 6.31. The predicted molar refractivity (Wildman–Crippen MR) is 66.2 cm³/mol. The highest BCUT2D eigenvalue weighted by atomic mass is 35.5. The number of hydrogen-bond acceptors (Lipinski definition) is 4. The molecule has 0 aliphatic heterocycles. The summed E-state index contributed by atoms with van der Waals surface area (Å²) in [6, 6.07) is 3.65. The number of nitrogens with zero attached hydrogens (tertiary/aromatic N) is 4. The number of aromatic nitrogens is 4. The van der Waals surface area contributed by atoms with Gasteiger partial charge in [0.25, 0.3) is 0 Å². The summed E-state index contributed by atoms with van der Waals surface area (Å²) in [6.07, 6.45) is 4.17. The Morgan fingerprint density at radius 3 is 3.00 bits per heavy atom. The minimum absolute atomic E-state index is 0.662. The molecule has 2 rings (SSSR count). The monoisotopic (exact) mass is 251 g/mol. The lowest BCUT2D eigenvalue weighted by Crippen LogP contribution is -2.16. The topological polar surface area (TPSA) is 55.6 Å². The molecule has 0 radical (unpaired) electrons. The molecule has 0 bridgehead atoms. The molecule has 6 heteroatoms. The summed E-state index contributed by atoms with van der Waals surface area (Å²) in [4.78, 5) is 8.34. The Balaban J connectivity index is 2.18. The van der Waals surface area contributed by atoms with E-state index in [4.69, 9.17) is 11.6 Å². The minimum Gasteiger partial charge on any atom is -0.311 e. The zero-order valence-electron chi connectivity index (χ0n) is 9.60. The van der Waals surface area contributed by atoms with Crippen molar-refractivity contribution in [1.82, 2.24) is 25.1 Å². The molecule has 0 atom stereocenters. The van der Waals surface area contributed by atoms with Crippen molar-refractivity contribution in [2.24, 2.45) is 0 Å². The van der Waals surface area contributed by atoms with Gasteiger partial charge in [0.2, 0.25) is 0 Å². The standard InChI is InChI=1S/C11H14ClN5/c1-2-5-13-6-10-9(12)3-4-11(16-10)17-8-14-7-15-17/h3-4,7-8,13H,2,5-6H2,1H3. The third-order valence-electron chi connectivity index (χ3n) is 2.28. The van der Waals surface area contributed by atoms with Crippen molar-refractivity contribution in [3.05, 3.63) is 35.5 Å². The summed E-state index contributed by atoms with van der Waals surface area (Å²) in [5.74, 6) is 0.722. The summed E-state index contributed by atoms with van der Waals surface area (Å²) < 4.78 is 1.61. The Morgan fingerprint density at radius 1 is 1.41 bits per heavy atom. The first-order valence-electron chi connectivity index (χ1n) is 5.52. The van der Waals surface area contributed by atoms with Crippen LogP contribution in [0.5, 0.6) is 0 Å². The van der Waals surface area contributed by atoms with Crippen LogP contribution in [-0.4, -0.2) is 26.3 Å². The minimum atomic E-state index is 0.662. The first kappa shape index (κ1) is 12.0. The fourth-order valence-corrected chi connectivity index (χ4v) is 1.61. The van der Waals surface area contributed by atoms with Gasteiger partial charge < -0.3 is 5.32 Å². The van der Waals surface area contributed by atoms with Gasteiger partial charge in [0.1, 0.15) is 12.7 Å². The van der Waals surface area contributed by atoms with E-state index in [9.17, 15) is 0 Å². The third kappa shape index (κ3) is 3.01. The van der Waals surface area contributed by atoms with Crippen LogP contribution in [0, 0.1) is 0 Å². The van der Waals surface area contributed by atoms with E-state index >= 15 is 0 Å². The van der Waals surface area contributed by atoms with Crippen molar-refractivity contribution >= 4 is 11.6 Å². The van der Waals surface area contributed by atoms with Gasteiger partial charge in [-0.25, -0.2) is 14.6 Å². The number of halogens is 1. The molecule has 0 aliphatic rings. The molecule has 1 N–H and O–H groups in total. The molecule has 2 aromatic heterocycles. The second-order valence-electron chi connectivity index (χ2n) is 3.61. The van der Waals surface area contributed by atoms with Crippen LogP contribution in [0.2, 0.25) is 5.02 Å². The molecular weight excluding hydrogens is 238 g/mol. The van der Waals surface area contributed by atoms with Gasteiger partial charge in [-0.3, -0.25) is 0 Å². The molecule has 0 saturated heterocycles. The van der Waals surface area contributed by atoms with Gasteiger partial charge >= 0.3 is 0 Å². The van der Waals surface area contributed by atoms with Crippen LogP contribution in [0.3, 0.4) is 0 Å². The maximum absolute atomic E-state index is 6.09. The molecule has 2 heterocycles. The lowest BCUT2D eigenvalue weighted by atomic mass is 10.3. The van der Waals surface area contributed by atoms with E-state index in [1.165, 1.54) is 6.33 Å². The SMILES string of the molecule is CCCNCc1nc(-n2cncn2)ccc1Cl. The van der Waals surface area contributed by atoms with Gasteiger partial charge in [0.15, 0.2) is 5.82 Å². The Labute approximate surface area is 105 Å². The molecule has 5 nitrogen and oxygen atoms in total. The first-order valence-corrected chi connectivity index (χ1v) is 5.90. The fraction of sp³-hybridized carbons (Fsp3) is 0.364. The fourth-order valence-electron chi connectivity index (χ4n) is 1.43. The zero-order valence-corrected chi connectivity index (χ0v) is 10.4. The summed E-state index contributed by atoms with van der Waals surface area (Å²) in [6.45, 7) is 3.73. The largest absolute Gasteiger partial charge is 0.311 e. The van der Waals surface area contributed by atoms with Crippen LogP contribution in [0.4, 0.5) is 0 Å². The molecule has 0 aliphatic carbocycles. The van der Waals surface area contributed by atoms with Crippen LogP contribution in [-0.2, 0) is 6.54 Å².